The molecule has 0 spiro atoms. The first-order valence-electron chi connectivity index (χ1n) is 8.67. The highest BCUT2D eigenvalue weighted by atomic mass is 32.2. The van der Waals surface area contributed by atoms with Gasteiger partial charge in [-0.05, 0) is 30.4 Å². The van der Waals surface area contributed by atoms with Gasteiger partial charge in [-0.1, -0.05) is 42.1 Å². The molecule has 2 N–H and O–H groups in total. The second-order valence-electron chi connectivity index (χ2n) is 6.19. The Morgan fingerprint density at radius 1 is 1.19 bits per heavy atom. The van der Waals surface area contributed by atoms with Gasteiger partial charge >= 0.3 is 6.03 Å². The number of nitrogens with zero attached hydrogens (tertiary/aromatic N) is 2. The van der Waals surface area contributed by atoms with Crippen LogP contribution in [0.5, 0.6) is 0 Å². The number of nitrogens with one attached hydrogen (secondary N) is 2. The van der Waals surface area contributed by atoms with Crippen LogP contribution >= 0.6 is 23.1 Å². The number of fused-ring (bicyclic) bond motifs is 3. The number of benzene rings is 1. The molecule has 2 aromatic heterocycles. The van der Waals surface area contributed by atoms with Crippen LogP contribution in [0, 0.1) is 0 Å². The Morgan fingerprint density at radius 2 is 2.00 bits per heavy atom. The lowest BCUT2D eigenvalue weighted by molar-refractivity contribution is -0.119. The summed E-state index contributed by atoms with van der Waals surface area (Å²) in [4.78, 5) is 35.7. The summed E-state index contributed by atoms with van der Waals surface area (Å²) in [5.41, 5.74) is 2.14. The largest absolute Gasteiger partial charge is 0.341 e. The van der Waals surface area contributed by atoms with E-state index in [2.05, 4.69) is 20.6 Å². The van der Waals surface area contributed by atoms with E-state index in [0.29, 0.717) is 0 Å². The lowest BCUT2D eigenvalue weighted by atomic mass is 10.1. The first-order valence-corrected chi connectivity index (χ1v) is 10.4. The number of aryl methyl sites for hydroxylation is 2. The van der Waals surface area contributed by atoms with Crippen molar-refractivity contribution in [3.8, 4) is 0 Å². The summed E-state index contributed by atoms with van der Waals surface area (Å²) in [5, 5.41) is 6.08. The van der Waals surface area contributed by atoms with Crippen LogP contribution in [0.2, 0.25) is 0 Å². The number of hydrogen-bond donors (Lipinski definition) is 2. The molecule has 0 radical (unpaired) electrons. The number of hydrogen-bond acceptors (Lipinski definition) is 6. The van der Waals surface area contributed by atoms with Gasteiger partial charge < -0.3 is 5.32 Å². The molecule has 1 aliphatic carbocycles. The van der Waals surface area contributed by atoms with Crippen LogP contribution in [0.25, 0.3) is 10.2 Å². The molecule has 0 bridgehead atoms. The van der Waals surface area contributed by atoms with Crippen LogP contribution in [0.3, 0.4) is 0 Å². The van der Waals surface area contributed by atoms with Crippen LogP contribution in [-0.2, 0) is 17.6 Å². The quantitative estimate of drug-likeness (QED) is 0.519. The molecule has 0 fully saturated rings. The van der Waals surface area contributed by atoms with E-state index in [0.717, 1.165) is 40.1 Å². The summed E-state index contributed by atoms with van der Waals surface area (Å²) in [6, 6.07) is 8.92. The van der Waals surface area contributed by atoms with E-state index < -0.39 is 11.3 Å². The van der Waals surface area contributed by atoms with Crippen LogP contribution in [0.4, 0.5) is 4.79 Å². The number of carbonyl (C=O) groups is 2. The molecule has 0 unspecified atom stereocenters. The van der Waals surface area contributed by atoms with Crippen molar-refractivity contribution in [1.29, 1.82) is 0 Å². The van der Waals surface area contributed by atoms with Crippen LogP contribution < -0.4 is 10.6 Å². The standard InChI is InChI=1S/C19H18N4O2S2/c1-20-19(25)23-16(24)15(11-6-3-2-4-7-11)27-18-14-12-8-5-9-13(12)26-17(14)21-10-22-18/h2-4,6-7,10,15H,5,8-9H2,1H3,(H2,20,23,24,25)/t15-/m0/s1. The van der Waals surface area contributed by atoms with E-state index in [-0.39, 0.29) is 5.91 Å². The molecule has 1 atom stereocenters. The molecule has 4 rings (SSSR count). The third kappa shape index (κ3) is 3.54. The van der Waals surface area contributed by atoms with E-state index in [9.17, 15) is 9.59 Å². The number of amides is 3. The topological polar surface area (TPSA) is 84.0 Å². The third-order valence-corrected chi connectivity index (χ3v) is 6.95. The van der Waals surface area contributed by atoms with E-state index in [1.165, 1.54) is 29.3 Å². The molecular formula is C19H18N4O2S2. The highest BCUT2D eigenvalue weighted by Crippen LogP contribution is 2.43. The molecule has 3 amide bonds. The third-order valence-electron chi connectivity index (χ3n) is 4.50. The van der Waals surface area contributed by atoms with Crippen LogP contribution in [0.1, 0.15) is 27.7 Å². The Kier molecular flexibility index (Phi) is 5.09. The minimum absolute atomic E-state index is 0.371. The molecule has 2 heterocycles. The van der Waals surface area contributed by atoms with Crippen molar-refractivity contribution in [1.82, 2.24) is 20.6 Å². The minimum Gasteiger partial charge on any atom is -0.341 e. The number of rotatable bonds is 4. The monoisotopic (exact) mass is 398 g/mol. The van der Waals surface area contributed by atoms with E-state index >= 15 is 0 Å². The van der Waals surface area contributed by atoms with Crippen molar-refractivity contribution < 1.29 is 9.59 Å². The van der Waals surface area contributed by atoms with Crippen molar-refractivity contribution in [2.45, 2.75) is 29.5 Å². The van der Waals surface area contributed by atoms with Crippen molar-refractivity contribution in [3.05, 3.63) is 52.7 Å². The Hall–Kier alpha value is -2.45. The van der Waals surface area contributed by atoms with Crippen molar-refractivity contribution in [3.63, 3.8) is 0 Å². The number of imide groups is 1. The Morgan fingerprint density at radius 3 is 2.78 bits per heavy atom. The summed E-state index contributed by atoms with van der Waals surface area (Å²) in [6.07, 6.45) is 4.81. The van der Waals surface area contributed by atoms with Crippen molar-refractivity contribution in [2.24, 2.45) is 0 Å². The van der Waals surface area contributed by atoms with Gasteiger partial charge in [0.1, 0.15) is 21.4 Å². The number of urea groups is 1. The second-order valence-corrected chi connectivity index (χ2v) is 8.37. The predicted molar refractivity (Wildman–Crippen MR) is 107 cm³/mol. The Balaban J connectivity index is 1.73. The summed E-state index contributed by atoms with van der Waals surface area (Å²) in [7, 11) is 1.48. The summed E-state index contributed by atoms with van der Waals surface area (Å²) in [6.45, 7) is 0. The Bertz CT molecular complexity index is 1000. The van der Waals surface area contributed by atoms with Gasteiger partial charge in [0.15, 0.2) is 0 Å². The number of thiophene rings is 1. The molecular weight excluding hydrogens is 380 g/mol. The average molecular weight is 399 g/mol. The SMILES string of the molecule is CNC(=O)NC(=O)[C@@H](Sc1ncnc2sc3c(c12)CCC3)c1ccccc1. The first kappa shape index (κ1) is 17.9. The summed E-state index contributed by atoms with van der Waals surface area (Å²) >= 11 is 3.08. The maximum Gasteiger partial charge on any atom is 0.321 e. The molecule has 1 aromatic carbocycles. The van der Waals surface area contributed by atoms with Gasteiger partial charge in [0, 0.05) is 17.3 Å². The molecule has 1 aliphatic rings. The van der Waals surface area contributed by atoms with Gasteiger partial charge in [0.25, 0.3) is 0 Å². The van der Waals surface area contributed by atoms with Gasteiger partial charge in [-0.25, -0.2) is 14.8 Å². The number of thioether (sulfide) groups is 1. The van der Waals surface area contributed by atoms with Gasteiger partial charge in [0.2, 0.25) is 5.91 Å². The number of aromatic nitrogens is 2. The molecule has 0 saturated carbocycles. The lowest BCUT2D eigenvalue weighted by Gasteiger charge is -2.16. The highest BCUT2D eigenvalue weighted by Gasteiger charge is 2.27. The molecule has 6 nitrogen and oxygen atoms in total. The fourth-order valence-electron chi connectivity index (χ4n) is 3.24. The number of carbonyl (C=O) groups excluding carboxylic acids is 2. The van der Waals surface area contributed by atoms with Crippen molar-refractivity contribution >= 4 is 45.3 Å². The maximum atomic E-state index is 12.8. The fraction of sp³-hybridized carbons (Fsp3) is 0.263. The molecule has 27 heavy (non-hydrogen) atoms. The van der Waals surface area contributed by atoms with Crippen LogP contribution in [0.15, 0.2) is 41.7 Å². The second kappa shape index (κ2) is 7.66. The van der Waals surface area contributed by atoms with Gasteiger partial charge in [-0.3, -0.25) is 10.1 Å². The lowest BCUT2D eigenvalue weighted by Crippen LogP contribution is -2.39. The summed E-state index contributed by atoms with van der Waals surface area (Å²) in [5.74, 6) is -0.371. The maximum absolute atomic E-state index is 12.8. The summed E-state index contributed by atoms with van der Waals surface area (Å²) < 4.78 is 0. The zero-order valence-corrected chi connectivity index (χ0v) is 16.3. The molecule has 0 aliphatic heterocycles. The highest BCUT2D eigenvalue weighted by molar-refractivity contribution is 8.00. The zero-order chi connectivity index (χ0) is 18.8. The molecule has 3 aromatic rings. The predicted octanol–water partition coefficient (Wildman–Crippen LogP) is 3.47. The molecule has 0 saturated heterocycles. The molecule has 138 valence electrons. The van der Waals surface area contributed by atoms with Gasteiger partial charge in [-0.2, -0.15) is 0 Å². The fourth-order valence-corrected chi connectivity index (χ4v) is 5.66. The van der Waals surface area contributed by atoms with Gasteiger partial charge in [-0.15, -0.1) is 11.3 Å². The average Bonchev–Trinajstić information content (AvgIpc) is 3.27. The smallest absolute Gasteiger partial charge is 0.321 e. The first-order chi connectivity index (χ1) is 13.2. The van der Waals surface area contributed by atoms with E-state index in [1.807, 2.05) is 30.3 Å². The zero-order valence-electron chi connectivity index (χ0n) is 14.7. The van der Waals surface area contributed by atoms with Crippen LogP contribution in [-0.4, -0.2) is 29.0 Å². The van der Waals surface area contributed by atoms with Crippen molar-refractivity contribution in [2.75, 3.05) is 7.05 Å². The minimum atomic E-state index is -0.585. The normalized spacial score (nSPS) is 14.0. The van der Waals surface area contributed by atoms with Gasteiger partial charge in [0.05, 0.1) is 0 Å². The van der Waals surface area contributed by atoms with E-state index in [1.54, 1.807) is 17.7 Å². The van der Waals surface area contributed by atoms with E-state index in [4.69, 9.17) is 0 Å². The Labute approximate surface area is 164 Å². The molecule has 8 heteroatoms.